The van der Waals surface area contributed by atoms with Crippen molar-refractivity contribution in [2.75, 3.05) is 11.1 Å². The summed E-state index contributed by atoms with van der Waals surface area (Å²) in [4.78, 5) is 24.5. The van der Waals surface area contributed by atoms with Crippen molar-refractivity contribution in [2.45, 2.75) is 30.7 Å². The molecule has 4 nitrogen and oxygen atoms in total. The van der Waals surface area contributed by atoms with E-state index >= 15 is 0 Å². The SMILES string of the molecule is CC(NC(=O)c1ccc2c(c1)NC(=O)CS2)C1CC1. The summed E-state index contributed by atoms with van der Waals surface area (Å²) < 4.78 is 0. The van der Waals surface area contributed by atoms with E-state index in [1.54, 1.807) is 6.07 Å². The molecule has 5 heteroatoms. The first-order valence-corrected chi connectivity index (χ1v) is 7.49. The first-order valence-electron chi connectivity index (χ1n) is 6.51. The molecule has 1 unspecified atom stereocenters. The quantitative estimate of drug-likeness (QED) is 0.890. The lowest BCUT2D eigenvalue weighted by Gasteiger charge is -2.18. The maximum Gasteiger partial charge on any atom is 0.251 e. The summed E-state index contributed by atoms with van der Waals surface area (Å²) in [6, 6.07) is 5.70. The molecule has 3 rings (SSSR count). The predicted molar refractivity (Wildman–Crippen MR) is 75.4 cm³/mol. The van der Waals surface area contributed by atoms with Crippen molar-refractivity contribution < 1.29 is 9.59 Å². The van der Waals surface area contributed by atoms with Gasteiger partial charge in [0.15, 0.2) is 0 Å². The minimum Gasteiger partial charge on any atom is -0.349 e. The number of nitrogens with one attached hydrogen (secondary N) is 2. The number of amides is 2. The van der Waals surface area contributed by atoms with Crippen LogP contribution in [0.25, 0.3) is 0 Å². The lowest BCUT2D eigenvalue weighted by Crippen LogP contribution is -2.34. The lowest BCUT2D eigenvalue weighted by molar-refractivity contribution is -0.113. The van der Waals surface area contributed by atoms with Crippen LogP contribution in [0.1, 0.15) is 30.1 Å². The molecule has 1 atom stereocenters. The van der Waals surface area contributed by atoms with Gasteiger partial charge in [-0.2, -0.15) is 0 Å². The molecule has 0 aromatic heterocycles. The summed E-state index contributed by atoms with van der Waals surface area (Å²) in [5, 5.41) is 5.82. The Morgan fingerprint density at radius 2 is 2.26 bits per heavy atom. The molecule has 0 spiro atoms. The number of carbonyl (C=O) groups is 2. The van der Waals surface area contributed by atoms with E-state index < -0.39 is 0 Å². The van der Waals surface area contributed by atoms with Crippen LogP contribution in [-0.4, -0.2) is 23.6 Å². The molecule has 100 valence electrons. The van der Waals surface area contributed by atoms with Gasteiger partial charge in [0, 0.05) is 16.5 Å². The van der Waals surface area contributed by atoms with Crippen LogP contribution in [0, 0.1) is 5.92 Å². The largest absolute Gasteiger partial charge is 0.349 e. The van der Waals surface area contributed by atoms with Crippen molar-refractivity contribution in [1.29, 1.82) is 0 Å². The van der Waals surface area contributed by atoms with E-state index in [0.717, 1.165) is 10.6 Å². The number of hydrogen-bond acceptors (Lipinski definition) is 3. The number of hydrogen-bond donors (Lipinski definition) is 2. The van der Waals surface area contributed by atoms with Crippen LogP contribution in [0.5, 0.6) is 0 Å². The van der Waals surface area contributed by atoms with Gasteiger partial charge in [-0.05, 0) is 43.9 Å². The van der Waals surface area contributed by atoms with Gasteiger partial charge in [-0.3, -0.25) is 9.59 Å². The fourth-order valence-electron chi connectivity index (χ4n) is 2.23. The molecule has 1 fully saturated rings. The molecule has 0 radical (unpaired) electrons. The highest BCUT2D eigenvalue weighted by molar-refractivity contribution is 8.00. The van der Waals surface area contributed by atoms with E-state index in [4.69, 9.17) is 0 Å². The number of benzene rings is 1. The lowest BCUT2D eigenvalue weighted by atomic mass is 10.1. The molecule has 0 bridgehead atoms. The van der Waals surface area contributed by atoms with Crippen molar-refractivity contribution in [3.05, 3.63) is 23.8 Å². The van der Waals surface area contributed by atoms with Crippen LogP contribution in [-0.2, 0) is 4.79 Å². The van der Waals surface area contributed by atoms with E-state index in [1.165, 1.54) is 24.6 Å². The standard InChI is InChI=1S/C14H16N2O2S/c1-8(9-2-3-9)15-14(18)10-4-5-12-11(6-10)16-13(17)7-19-12/h4-6,8-9H,2-3,7H2,1H3,(H,15,18)(H,16,17). The van der Waals surface area contributed by atoms with Gasteiger partial charge in [-0.15, -0.1) is 11.8 Å². The van der Waals surface area contributed by atoms with Gasteiger partial charge in [-0.25, -0.2) is 0 Å². The smallest absolute Gasteiger partial charge is 0.251 e. The van der Waals surface area contributed by atoms with Crippen LogP contribution < -0.4 is 10.6 Å². The van der Waals surface area contributed by atoms with E-state index in [9.17, 15) is 9.59 Å². The molecule has 1 heterocycles. The van der Waals surface area contributed by atoms with Crippen LogP contribution in [0.4, 0.5) is 5.69 Å². The third-order valence-corrected chi connectivity index (χ3v) is 4.64. The molecular formula is C14H16N2O2S. The van der Waals surface area contributed by atoms with Crippen molar-refractivity contribution in [3.8, 4) is 0 Å². The highest BCUT2D eigenvalue weighted by Crippen LogP contribution is 2.33. The van der Waals surface area contributed by atoms with E-state index in [2.05, 4.69) is 10.6 Å². The number of anilines is 1. The number of rotatable bonds is 3. The highest BCUT2D eigenvalue weighted by Gasteiger charge is 2.29. The Morgan fingerprint density at radius 1 is 1.47 bits per heavy atom. The second-order valence-electron chi connectivity index (χ2n) is 5.15. The molecule has 2 N–H and O–H groups in total. The monoisotopic (exact) mass is 276 g/mol. The maximum atomic E-state index is 12.1. The van der Waals surface area contributed by atoms with Gasteiger partial charge in [-0.1, -0.05) is 0 Å². The van der Waals surface area contributed by atoms with Crippen LogP contribution in [0.3, 0.4) is 0 Å². The Labute approximate surface area is 116 Å². The van der Waals surface area contributed by atoms with E-state index in [0.29, 0.717) is 17.2 Å². The highest BCUT2D eigenvalue weighted by atomic mass is 32.2. The van der Waals surface area contributed by atoms with E-state index in [1.807, 2.05) is 19.1 Å². The van der Waals surface area contributed by atoms with E-state index in [-0.39, 0.29) is 17.9 Å². The molecular weight excluding hydrogens is 260 g/mol. The average Bonchev–Trinajstić information content (AvgIpc) is 3.22. The van der Waals surface area contributed by atoms with Gasteiger partial charge >= 0.3 is 0 Å². The zero-order chi connectivity index (χ0) is 13.4. The van der Waals surface area contributed by atoms with Gasteiger partial charge in [0.05, 0.1) is 11.4 Å². The van der Waals surface area contributed by atoms with Crippen molar-refractivity contribution >= 4 is 29.3 Å². The molecule has 1 saturated carbocycles. The molecule has 1 aliphatic carbocycles. The predicted octanol–water partition coefficient (Wildman–Crippen LogP) is 2.26. The molecule has 0 saturated heterocycles. The third kappa shape index (κ3) is 2.76. The minimum absolute atomic E-state index is 0.0126. The molecule has 2 aliphatic rings. The zero-order valence-electron chi connectivity index (χ0n) is 10.7. The number of carbonyl (C=O) groups excluding carboxylic acids is 2. The van der Waals surface area contributed by atoms with Gasteiger partial charge in [0.25, 0.3) is 5.91 Å². The van der Waals surface area contributed by atoms with Crippen molar-refractivity contribution in [1.82, 2.24) is 5.32 Å². The molecule has 19 heavy (non-hydrogen) atoms. The van der Waals surface area contributed by atoms with Gasteiger partial charge < -0.3 is 10.6 Å². The topological polar surface area (TPSA) is 58.2 Å². The molecule has 2 amide bonds. The fraction of sp³-hybridized carbons (Fsp3) is 0.429. The molecule has 1 aromatic carbocycles. The van der Waals surface area contributed by atoms with Crippen LogP contribution >= 0.6 is 11.8 Å². The first kappa shape index (κ1) is 12.5. The summed E-state index contributed by atoms with van der Waals surface area (Å²) in [6.07, 6.45) is 2.41. The zero-order valence-corrected chi connectivity index (χ0v) is 11.5. The van der Waals surface area contributed by atoms with Crippen LogP contribution in [0.2, 0.25) is 0 Å². The Hall–Kier alpha value is -1.49. The van der Waals surface area contributed by atoms with Crippen LogP contribution in [0.15, 0.2) is 23.1 Å². The van der Waals surface area contributed by atoms with Gasteiger partial charge in [0.2, 0.25) is 5.91 Å². The molecule has 1 aromatic rings. The summed E-state index contributed by atoms with van der Waals surface area (Å²) >= 11 is 1.50. The normalized spacial score (nSPS) is 19.3. The third-order valence-electron chi connectivity index (χ3n) is 3.56. The van der Waals surface area contributed by atoms with Crippen molar-refractivity contribution in [2.24, 2.45) is 5.92 Å². The summed E-state index contributed by atoms with van der Waals surface area (Å²) in [5.41, 5.74) is 1.35. The Kier molecular flexibility index (Phi) is 3.22. The summed E-state index contributed by atoms with van der Waals surface area (Å²) in [5.74, 6) is 1.00. The number of thioether (sulfide) groups is 1. The molecule has 1 aliphatic heterocycles. The maximum absolute atomic E-state index is 12.1. The second kappa shape index (κ2) is 4.89. The minimum atomic E-state index is -0.0629. The first-order chi connectivity index (χ1) is 9.13. The Bertz CT molecular complexity index is 540. The van der Waals surface area contributed by atoms with Crippen molar-refractivity contribution in [3.63, 3.8) is 0 Å². The average molecular weight is 276 g/mol. The van der Waals surface area contributed by atoms with Gasteiger partial charge in [0.1, 0.15) is 0 Å². The number of fused-ring (bicyclic) bond motifs is 1. The summed E-state index contributed by atoms with van der Waals surface area (Å²) in [6.45, 7) is 2.05. The summed E-state index contributed by atoms with van der Waals surface area (Å²) in [7, 11) is 0. The Morgan fingerprint density at radius 3 is 3.00 bits per heavy atom. The Balaban J connectivity index is 1.75. The fourth-order valence-corrected chi connectivity index (χ4v) is 3.02. The second-order valence-corrected chi connectivity index (χ2v) is 6.16.